The number of nitrogens with one attached hydrogen (secondary N) is 2. The molecule has 4 nitrogen and oxygen atoms in total. The van der Waals surface area contributed by atoms with Gasteiger partial charge in [-0.1, -0.05) is 63.6 Å². The van der Waals surface area contributed by atoms with Gasteiger partial charge in [0, 0.05) is 17.2 Å². The van der Waals surface area contributed by atoms with Gasteiger partial charge < -0.3 is 10.6 Å². The van der Waals surface area contributed by atoms with Crippen LogP contribution in [0.15, 0.2) is 54.4 Å². The van der Waals surface area contributed by atoms with Crippen molar-refractivity contribution in [3.8, 4) is 0 Å². The van der Waals surface area contributed by atoms with Gasteiger partial charge in [-0.2, -0.15) is 0 Å². The van der Waals surface area contributed by atoms with Crippen LogP contribution in [0.3, 0.4) is 0 Å². The van der Waals surface area contributed by atoms with Crippen molar-refractivity contribution in [2.24, 2.45) is 11.8 Å². The fraction of sp³-hybridized carbons (Fsp3) is 0.484. The fourth-order valence-corrected chi connectivity index (χ4v) is 4.76. The summed E-state index contributed by atoms with van der Waals surface area (Å²) >= 11 is 0. The van der Waals surface area contributed by atoms with Crippen molar-refractivity contribution in [3.63, 3.8) is 0 Å². The lowest BCUT2D eigenvalue weighted by molar-refractivity contribution is -0.125. The number of Topliss-reactive ketones (excluding diaryl/α,β-unsaturated/α-hetero) is 1. The molecule has 0 atom stereocenters. The Kier molecular flexibility index (Phi) is 11.8. The Morgan fingerprint density at radius 1 is 0.914 bits per heavy atom. The highest BCUT2D eigenvalue weighted by Crippen LogP contribution is 2.30. The van der Waals surface area contributed by atoms with Crippen LogP contribution in [0.1, 0.15) is 93.3 Å². The molecule has 2 N–H and O–H groups in total. The number of carbonyl (C=O) groups excluding carboxylic acids is 2. The van der Waals surface area contributed by atoms with E-state index in [9.17, 15) is 9.59 Å². The van der Waals surface area contributed by atoms with Gasteiger partial charge in [0.2, 0.25) is 5.91 Å². The number of aryl methyl sites for hydroxylation is 2. The first-order valence-electron chi connectivity index (χ1n) is 13.2. The van der Waals surface area contributed by atoms with Gasteiger partial charge >= 0.3 is 0 Å². The molecule has 190 valence electrons. The van der Waals surface area contributed by atoms with E-state index in [0.29, 0.717) is 0 Å². The Morgan fingerprint density at radius 3 is 2.11 bits per heavy atom. The van der Waals surface area contributed by atoms with Crippen LogP contribution in [-0.2, 0) is 11.2 Å². The Balaban J connectivity index is 0.000000303. The molecule has 1 amide bonds. The van der Waals surface area contributed by atoms with Gasteiger partial charge in [0.1, 0.15) is 5.82 Å². The third-order valence-electron chi connectivity index (χ3n) is 7.02. The highest BCUT2D eigenvalue weighted by atomic mass is 16.2. The number of hydrogen-bond donors (Lipinski definition) is 2. The Labute approximate surface area is 212 Å². The molecule has 0 bridgehead atoms. The summed E-state index contributed by atoms with van der Waals surface area (Å²) in [6.07, 6.45) is 9.52. The van der Waals surface area contributed by atoms with Gasteiger partial charge in [0.15, 0.2) is 5.78 Å². The maximum Gasteiger partial charge on any atom is 0.228 e. The van der Waals surface area contributed by atoms with Crippen molar-refractivity contribution >= 4 is 17.4 Å². The van der Waals surface area contributed by atoms with Crippen molar-refractivity contribution in [2.45, 2.75) is 86.5 Å². The van der Waals surface area contributed by atoms with Gasteiger partial charge in [-0.05, 0) is 94.0 Å². The lowest BCUT2D eigenvalue weighted by atomic mass is 9.80. The van der Waals surface area contributed by atoms with E-state index in [1.807, 2.05) is 49.4 Å². The molecule has 0 heterocycles. The second-order valence-corrected chi connectivity index (χ2v) is 9.59. The minimum absolute atomic E-state index is 0.163. The van der Waals surface area contributed by atoms with E-state index in [2.05, 4.69) is 44.4 Å². The van der Waals surface area contributed by atoms with Gasteiger partial charge in [0.05, 0.1) is 0 Å². The van der Waals surface area contributed by atoms with Crippen LogP contribution >= 0.6 is 0 Å². The van der Waals surface area contributed by atoms with E-state index in [4.69, 9.17) is 0 Å². The zero-order valence-corrected chi connectivity index (χ0v) is 22.5. The number of benzene rings is 2. The molecule has 1 saturated carbocycles. The Bertz CT molecular complexity index is 1000. The first-order chi connectivity index (χ1) is 16.8. The van der Waals surface area contributed by atoms with Gasteiger partial charge in [-0.3, -0.25) is 9.59 Å². The standard InChI is InChI=1S/C20H30N2O.C11H14O/c1-4-8-19(21-18-10-7-6-9-15(18)3)22-20(23)17-13-11-16(5-2)12-14-17;1-4-10-8(2)6-5-7-11(10)9(3)12/h6-10,16-17,21H,4-5,11-14H2,1-3H3,(H,22,23);5-7H,4H2,1-3H3/b19-8-;. The summed E-state index contributed by atoms with van der Waals surface area (Å²) in [6.45, 7) is 12.1. The molecule has 0 saturated heterocycles. The number of para-hydroxylation sites is 1. The molecule has 4 heteroatoms. The predicted octanol–water partition coefficient (Wildman–Crippen LogP) is 7.75. The molecule has 0 radical (unpaired) electrons. The third kappa shape index (κ3) is 8.69. The molecule has 2 aromatic rings. The second kappa shape index (κ2) is 14.5. The van der Waals surface area contributed by atoms with Crippen LogP contribution in [0.25, 0.3) is 0 Å². The number of amides is 1. The molecule has 0 aromatic heterocycles. The molecule has 0 spiro atoms. The van der Waals surface area contributed by atoms with E-state index < -0.39 is 0 Å². The van der Waals surface area contributed by atoms with Gasteiger partial charge in [0.25, 0.3) is 0 Å². The summed E-state index contributed by atoms with van der Waals surface area (Å²) in [6, 6.07) is 14.0. The molecule has 0 unspecified atom stereocenters. The number of carbonyl (C=O) groups is 2. The van der Waals surface area contributed by atoms with Crippen LogP contribution in [0, 0.1) is 25.7 Å². The van der Waals surface area contributed by atoms with Crippen molar-refractivity contribution in [2.75, 3.05) is 5.32 Å². The first-order valence-corrected chi connectivity index (χ1v) is 13.2. The molecule has 3 rings (SSSR count). The molecule has 2 aromatic carbocycles. The van der Waals surface area contributed by atoms with Crippen LogP contribution in [0.4, 0.5) is 5.69 Å². The predicted molar refractivity (Wildman–Crippen MR) is 148 cm³/mol. The fourth-order valence-electron chi connectivity index (χ4n) is 4.76. The van der Waals surface area contributed by atoms with Crippen molar-refractivity contribution in [3.05, 3.63) is 76.6 Å². The summed E-state index contributed by atoms with van der Waals surface area (Å²) < 4.78 is 0. The zero-order valence-electron chi connectivity index (χ0n) is 22.5. The molecule has 1 aliphatic carbocycles. The number of hydrogen-bond acceptors (Lipinski definition) is 3. The number of anilines is 1. The first kappa shape index (κ1) is 28.4. The minimum Gasteiger partial charge on any atom is -0.342 e. The molecule has 1 aliphatic rings. The second-order valence-electron chi connectivity index (χ2n) is 9.59. The smallest absolute Gasteiger partial charge is 0.228 e. The summed E-state index contributed by atoms with van der Waals surface area (Å²) in [4.78, 5) is 23.7. The van der Waals surface area contributed by atoms with Crippen molar-refractivity contribution < 1.29 is 9.59 Å². The average molecular weight is 477 g/mol. The van der Waals surface area contributed by atoms with E-state index in [1.165, 1.54) is 36.0 Å². The zero-order chi connectivity index (χ0) is 25.8. The van der Waals surface area contributed by atoms with Gasteiger partial charge in [-0.15, -0.1) is 0 Å². The number of rotatable bonds is 8. The lowest BCUT2D eigenvalue weighted by Gasteiger charge is -2.27. The highest BCUT2D eigenvalue weighted by Gasteiger charge is 2.25. The van der Waals surface area contributed by atoms with E-state index in [0.717, 1.165) is 48.7 Å². The summed E-state index contributed by atoms with van der Waals surface area (Å²) in [5.74, 6) is 2.12. The minimum atomic E-state index is 0.163. The molecular weight excluding hydrogens is 432 g/mol. The maximum atomic E-state index is 12.6. The van der Waals surface area contributed by atoms with E-state index in [1.54, 1.807) is 6.92 Å². The highest BCUT2D eigenvalue weighted by molar-refractivity contribution is 5.95. The van der Waals surface area contributed by atoms with E-state index in [-0.39, 0.29) is 17.6 Å². The maximum absolute atomic E-state index is 12.6. The molecule has 1 fully saturated rings. The molecular formula is C31H44N2O2. The SMILES string of the molecule is CC/C=C(\NC(=O)C1CCC(CC)CC1)Nc1ccccc1C.CCc1c(C)cccc1C(C)=O. The van der Waals surface area contributed by atoms with Crippen molar-refractivity contribution in [1.29, 1.82) is 0 Å². The summed E-state index contributed by atoms with van der Waals surface area (Å²) in [7, 11) is 0. The third-order valence-corrected chi connectivity index (χ3v) is 7.02. The average Bonchev–Trinajstić information content (AvgIpc) is 2.85. The normalized spacial score (nSPS) is 17.7. The largest absolute Gasteiger partial charge is 0.342 e. The number of ketones is 1. The monoisotopic (exact) mass is 476 g/mol. The van der Waals surface area contributed by atoms with Crippen LogP contribution in [-0.4, -0.2) is 11.7 Å². The lowest BCUT2D eigenvalue weighted by Crippen LogP contribution is -2.34. The van der Waals surface area contributed by atoms with Crippen LogP contribution in [0.5, 0.6) is 0 Å². The quantitative estimate of drug-likeness (QED) is 0.383. The summed E-state index contributed by atoms with van der Waals surface area (Å²) in [5.41, 5.74) is 5.49. The molecule has 0 aliphatic heterocycles. The van der Waals surface area contributed by atoms with Gasteiger partial charge in [-0.25, -0.2) is 0 Å². The number of allylic oxidation sites excluding steroid dienone is 1. The van der Waals surface area contributed by atoms with Crippen LogP contribution < -0.4 is 10.6 Å². The van der Waals surface area contributed by atoms with E-state index >= 15 is 0 Å². The topological polar surface area (TPSA) is 58.2 Å². The van der Waals surface area contributed by atoms with Crippen molar-refractivity contribution in [1.82, 2.24) is 5.32 Å². The Hall–Kier alpha value is -2.88. The molecule has 35 heavy (non-hydrogen) atoms. The van der Waals surface area contributed by atoms with Crippen LogP contribution in [0.2, 0.25) is 0 Å². The summed E-state index contributed by atoms with van der Waals surface area (Å²) in [5, 5.41) is 6.47. The Morgan fingerprint density at radius 2 is 1.57 bits per heavy atom.